The third-order valence-corrected chi connectivity index (χ3v) is 6.47. The zero-order valence-electron chi connectivity index (χ0n) is 16.3. The van der Waals surface area contributed by atoms with Gasteiger partial charge in [0, 0.05) is 17.1 Å². The van der Waals surface area contributed by atoms with E-state index in [0.717, 1.165) is 16.9 Å². The molecule has 2 aromatic heterocycles. The van der Waals surface area contributed by atoms with E-state index in [9.17, 15) is 18.3 Å². The van der Waals surface area contributed by atoms with Gasteiger partial charge in [-0.25, -0.2) is 4.98 Å². The number of anilines is 1. The standard InChI is InChI=1S/C21H17F3N4O2S/c1-30-13-6-7-14-12(10-13)5-8-15-18(14)27-28(20(15,29)21(22,23)24)19-26-17(11-31-19)16-4-2-3-9-25-16/h2-4,6-7,9-11,15,29H,5,8H2,1H3/t15-,20-/m1/s1. The molecule has 0 fully saturated rings. The lowest BCUT2D eigenvalue weighted by molar-refractivity contribution is -0.268. The first-order chi connectivity index (χ1) is 14.8. The van der Waals surface area contributed by atoms with Crippen molar-refractivity contribution in [1.82, 2.24) is 9.97 Å². The fourth-order valence-corrected chi connectivity index (χ4v) is 4.95. The van der Waals surface area contributed by atoms with Gasteiger partial charge in [-0.15, -0.1) is 11.3 Å². The summed E-state index contributed by atoms with van der Waals surface area (Å²) in [5.41, 5.74) is -0.595. The monoisotopic (exact) mass is 446 g/mol. The third kappa shape index (κ3) is 3.01. The number of fused-ring (bicyclic) bond motifs is 3. The predicted molar refractivity (Wildman–Crippen MR) is 110 cm³/mol. The van der Waals surface area contributed by atoms with E-state index in [2.05, 4.69) is 15.1 Å². The van der Waals surface area contributed by atoms with Crippen LogP contribution in [0.25, 0.3) is 11.4 Å². The molecule has 31 heavy (non-hydrogen) atoms. The van der Waals surface area contributed by atoms with E-state index >= 15 is 0 Å². The minimum Gasteiger partial charge on any atom is -0.497 e. The number of benzene rings is 1. The third-order valence-electron chi connectivity index (χ3n) is 5.66. The number of methoxy groups -OCH3 is 1. The molecule has 2 atom stereocenters. The van der Waals surface area contributed by atoms with Crippen LogP contribution in [0, 0.1) is 5.92 Å². The van der Waals surface area contributed by atoms with Crippen LogP contribution in [0.3, 0.4) is 0 Å². The Morgan fingerprint density at radius 3 is 2.77 bits per heavy atom. The topological polar surface area (TPSA) is 70.8 Å². The average Bonchev–Trinajstić information content (AvgIpc) is 3.37. The second-order valence-corrected chi connectivity index (χ2v) is 8.20. The summed E-state index contributed by atoms with van der Waals surface area (Å²) >= 11 is 0.981. The number of hydrogen-bond donors (Lipinski definition) is 1. The molecule has 5 rings (SSSR count). The fourth-order valence-electron chi connectivity index (χ4n) is 4.12. The fraction of sp³-hybridized carbons (Fsp3) is 0.286. The molecule has 1 aliphatic carbocycles. The van der Waals surface area contributed by atoms with Crippen molar-refractivity contribution >= 4 is 22.2 Å². The Morgan fingerprint density at radius 1 is 1.23 bits per heavy atom. The van der Waals surface area contributed by atoms with E-state index in [4.69, 9.17) is 4.74 Å². The molecule has 0 spiro atoms. The normalized spacial score (nSPS) is 22.7. The first-order valence-electron chi connectivity index (χ1n) is 9.55. The number of halogens is 3. The Morgan fingerprint density at radius 2 is 2.06 bits per heavy atom. The van der Waals surface area contributed by atoms with Gasteiger partial charge in [0.2, 0.25) is 5.13 Å². The van der Waals surface area contributed by atoms with E-state index in [1.807, 2.05) is 0 Å². The molecule has 160 valence electrons. The summed E-state index contributed by atoms with van der Waals surface area (Å²) in [4.78, 5) is 8.49. The molecular formula is C21H17F3N4O2S. The summed E-state index contributed by atoms with van der Waals surface area (Å²) in [6.45, 7) is 0. The van der Waals surface area contributed by atoms with Gasteiger partial charge < -0.3 is 9.84 Å². The van der Waals surface area contributed by atoms with Gasteiger partial charge in [0.25, 0.3) is 5.72 Å². The Labute approximate surface area is 179 Å². The van der Waals surface area contributed by atoms with Gasteiger partial charge in [-0.05, 0) is 48.7 Å². The quantitative estimate of drug-likeness (QED) is 0.651. The first-order valence-corrected chi connectivity index (χ1v) is 10.4. The lowest BCUT2D eigenvalue weighted by Gasteiger charge is -2.38. The second kappa shape index (κ2) is 7.03. The molecule has 1 aliphatic heterocycles. The molecule has 2 aliphatic rings. The van der Waals surface area contributed by atoms with Crippen LogP contribution in [0.15, 0.2) is 53.1 Å². The summed E-state index contributed by atoms with van der Waals surface area (Å²) in [6.07, 6.45) is -2.89. The zero-order valence-corrected chi connectivity index (χ0v) is 17.1. The molecule has 6 nitrogen and oxygen atoms in total. The van der Waals surface area contributed by atoms with Gasteiger partial charge in [0.05, 0.1) is 24.4 Å². The van der Waals surface area contributed by atoms with E-state index in [0.29, 0.717) is 34.1 Å². The predicted octanol–water partition coefficient (Wildman–Crippen LogP) is 4.25. The highest BCUT2D eigenvalue weighted by Gasteiger charge is 2.68. The number of aliphatic hydroxyl groups is 1. The molecule has 3 heterocycles. The molecular weight excluding hydrogens is 429 g/mol. The number of hydrogen-bond acceptors (Lipinski definition) is 7. The Kier molecular flexibility index (Phi) is 4.52. The smallest absolute Gasteiger partial charge is 0.439 e. The number of alkyl halides is 3. The molecule has 1 aromatic carbocycles. The lowest BCUT2D eigenvalue weighted by atomic mass is 9.77. The Bertz CT molecular complexity index is 1160. The van der Waals surface area contributed by atoms with Crippen LogP contribution in [-0.4, -0.2) is 39.8 Å². The molecule has 10 heteroatoms. The molecule has 0 saturated carbocycles. The van der Waals surface area contributed by atoms with Gasteiger partial charge >= 0.3 is 6.18 Å². The van der Waals surface area contributed by atoms with E-state index < -0.39 is 17.8 Å². The first kappa shape index (κ1) is 20.0. The second-order valence-electron chi connectivity index (χ2n) is 7.37. The SMILES string of the molecule is COc1ccc2c(c1)CC[C@@H]1C2=NN(c2nc(-c3ccccn3)cs2)[C@]1(O)C(F)(F)F. The van der Waals surface area contributed by atoms with E-state index in [1.54, 1.807) is 48.0 Å². The van der Waals surface area contributed by atoms with Crippen molar-refractivity contribution in [2.24, 2.45) is 11.0 Å². The Balaban J connectivity index is 1.62. The van der Waals surface area contributed by atoms with Crippen molar-refractivity contribution in [2.75, 3.05) is 12.1 Å². The number of rotatable bonds is 3. The van der Waals surface area contributed by atoms with Crippen LogP contribution in [-0.2, 0) is 6.42 Å². The number of aryl methyl sites for hydroxylation is 1. The molecule has 0 amide bonds. The number of ether oxygens (including phenoxy) is 1. The summed E-state index contributed by atoms with van der Waals surface area (Å²) in [5, 5.41) is 17.5. The maximum Gasteiger partial charge on any atom is 0.439 e. The molecule has 1 N–H and O–H groups in total. The van der Waals surface area contributed by atoms with Crippen molar-refractivity contribution in [3.8, 4) is 17.1 Å². The number of thiazole rings is 1. The van der Waals surface area contributed by atoms with E-state index in [1.165, 1.54) is 7.11 Å². The van der Waals surface area contributed by atoms with Crippen molar-refractivity contribution in [3.05, 3.63) is 59.1 Å². The summed E-state index contributed by atoms with van der Waals surface area (Å²) in [6, 6.07) is 10.4. The lowest BCUT2D eigenvalue weighted by Crippen LogP contribution is -2.60. The number of pyridine rings is 1. The van der Waals surface area contributed by atoms with Gasteiger partial charge in [-0.3, -0.25) is 4.98 Å². The maximum atomic E-state index is 14.3. The minimum atomic E-state index is -4.94. The van der Waals surface area contributed by atoms with Gasteiger partial charge in [-0.2, -0.15) is 23.3 Å². The van der Waals surface area contributed by atoms with Crippen LogP contribution in [0.4, 0.5) is 18.3 Å². The maximum absolute atomic E-state index is 14.3. The van der Waals surface area contributed by atoms with Gasteiger partial charge in [0.1, 0.15) is 11.4 Å². The Hall–Kier alpha value is -2.98. The molecule has 0 unspecified atom stereocenters. The van der Waals surface area contributed by atoms with Gasteiger partial charge in [-0.1, -0.05) is 6.07 Å². The zero-order chi connectivity index (χ0) is 21.8. The van der Waals surface area contributed by atoms with Crippen molar-refractivity contribution < 1.29 is 23.0 Å². The number of nitrogens with zero attached hydrogens (tertiary/aromatic N) is 4. The highest BCUT2D eigenvalue weighted by molar-refractivity contribution is 7.14. The van der Waals surface area contributed by atoms with Crippen LogP contribution in [0.5, 0.6) is 5.75 Å². The van der Waals surface area contributed by atoms with Crippen LogP contribution >= 0.6 is 11.3 Å². The molecule has 0 bridgehead atoms. The number of aromatic nitrogens is 2. The van der Waals surface area contributed by atoms with Crippen molar-refractivity contribution in [2.45, 2.75) is 24.7 Å². The summed E-state index contributed by atoms with van der Waals surface area (Å²) in [5.74, 6) is -0.603. The van der Waals surface area contributed by atoms with Crippen LogP contribution in [0.1, 0.15) is 17.5 Å². The summed E-state index contributed by atoms with van der Waals surface area (Å²) in [7, 11) is 1.53. The highest BCUT2D eigenvalue weighted by atomic mass is 32.1. The van der Waals surface area contributed by atoms with Crippen molar-refractivity contribution in [1.29, 1.82) is 0 Å². The average molecular weight is 446 g/mol. The minimum absolute atomic E-state index is 0.0440. The molecule has 0 saturated heterocycles. The molecule has 0 radical (unpaired) electrons. The molecule has 3 aromatic rings. The number of hydrazone groups is 1. The largest absolute Gasteiger partial charge is 0.497 e. The van der Waals surface area contributed by atoms with Crippen LogP contribution < -0.4 is 9.75 Å². The van der Waals surface area contributed by atoms with E-state index in [-0.39, 0.29) is 17.3 Å². The van der Waals surface area contributed by atoms with Crippen LogP contribution in [0.2, 0.25) is 0 Å². The van der Waals surface area contributed by atoms with Gasteiger partial charge in [0.15, 0.2) is 0 Å². The summed E-state index contributed by atoms with van der Waals surface area (Å²) < 4.78 is 48.0. The van der Waals surface area contributed by atoms with Crippen molar-refractivity contribution in [3.63, 3.8) is 0 Å². The highest BCUT2D eigenvalue weighted by Crippen LogP contribution is 2.51.